The lowest BCUT2D eigenvalue weighted by Crippen LogP contribution is -2.37. The molecule has 0 aliphatic carbocycles. The second-order valence-corrected chi connectivity index (χ2v) is 4.82. The minimum atomic E-state index is 0.239. The Balaban J connectivity index is 3.72. The first-order valence-corrected chi connectivity index (χ1v) is 6.85. The van der Waals surface area contributed by atoms with Crippen molar-refractivity contribution in [3.05, 3.63) is 0 Å². The van der Waals surface area contributed by atoms with Crippen molar-refractivity contribution in [2.75, 3.05) is 53.4 Å². The van der Waals surface area contributed by atoms with Gasteiger partial charge in [-0.1, -0.05) is 13.8 Å². The fourth-order valence-electron chi connectivity index (χ4n) is 1.92. The number of likely N-dealkylation sites (N-methyl/N-ethyl adjacent to an activating group) is 1. The predicted molar refractivity (Wildman–Crippen MR) is 74.5 cm³/mol. The molecule has 1 unspecified atom stereocenters. The van der Waals surface area contributed by atoms with Crippen molar-refractivity contribution >= 4 is 0 Å². The van der Waals surface area contributed by atoms with Crippen LogP contribution in [-0.2, 0) is 0 Å². The average molecular weight is 245 g/mol. The number of nitrogens with one attached hydrogen (secondary N) is 1. The molecule has 0 spiro atoms. The monoisotopic (exact) mass is 245 g/mol. The second-order valence-electron chi connectivity index (χ2n) is 4.82. The lowest BCUT2D eigenvalue weighted by Gasteiger charge is -2.24. The van der Waals surface area contributed by atoms with E-state index < -0.39 is 0 Å². The van der Waals surface area contributed by atoms with Gasteiger partial charge in [-0.3, -0.25) is 0 Å². The minimum absolute atomic E-state index is 0.239. The molecule has 0 heterocycles. The topological polar surface area (TPSA) is 38.7 Å². The van der Waals surface area contributed by atoms with Crippen molar-refractivity contribution in [1.82, 2.24) is 15.1 Å². The quantitative estimate of drug-likeness (QED) is 0.560. The van der Waals surface area contributed by atoms with E-state index in [-0.39, 0.29) is 12.6 Å². The Kier molecular flexibility index (Phi) is 10.9. The molecule has 0 aliphatic rings. The van der Waals surface area contributed by atoms with Gasteiger partial charge in [0.05, 0.1) is 6.61 Å². The Bertz CT molecular complexity index is 165. The normalized spacial score (nSPS) is 13.6. The van der Waals surface area contributed by atoms with E-state index in [0.29, 0.717) is 0 Å². The molecule has 0 saturated carbocycles. The Labute approximate surface area is 107 Å². The largest absolute Gasteiger partial charge is 0.395 e. The van der Waals surface area contributed by atoms with Crippen LogP contribution < -0.4 is 5.32 Å². The van der Waals surface area contributed by atoms with Crippen molar-refractivity contribution in [3.8, 4) is 0 Å². The summed E-state index contributed by atoms with van der Waals surface area (Å²) in [5, 5.41) is 12.5. The second kappa shape index (κ2) is 11.0. The molecule has 0 aromatic rings. The maximum atomic E-state index is 9.20. The molecule has 1 atom stereocenters. The van der Waals surface area contributed by atoms with E-state index in [1.54, 1.807) is 0 Å². The molecule has 0 aromatic heterocycles. The van der Waals surface area contributed by atoms with Gasteiger partial charge in [0.2, 0.25) is 0 Å². The lowest BCUT2D eigenvalue weighted by atomic mass is 10.2. The first kappa shape index (κ1) is 16.8. The molecule has 4 heteroatoms. The summed E-state index contributed by atoms with van der Waals surface area (Å²) in [4.78, 5) is 4.69. The molecule has 0 rings (SSSR count). The Hall–Kier alpha value is -0.160. The summed E-state index contributed by atoms with van der Waals surface area (Å²) in [5.74, 6) is 0. The van der Waals surface area contributed by atoms with Crippen LogP contribution in [0.2, 0.25) is 0 Å². The fraction of sp³-hybridized carbons (Fsp3) is 1.00. The van der Waals surface area contributed by atoms with Gasteiger partial charge in [-0.25, -0.2) is 0 Å². The maximum absolute atomic E-state index is 9.20. The minimum Gasteiger partial charge on any atom is -0.395 e. The van der Waals surface area contributed by atoms with E-state index >= 15 is 0 Å². The van der Waals surface area contributed by atoms with Crippen LogP contribution in [0.4, 0.5) is 0 Å². The highest BCUT2D eigenvalue weighted by atomic mass is 16.3. The molecular weight excluding hydrogens is 214 g/mol. The zero-order valence-electron chi connectivity index (χ0n) is 12.1. The molecule has 17 heavy (non-hydrogen) atoms. The molecule has 0 amide bonds. The van der Waals surface area contributed by atoms with E-state index in [4.69, 9.17) is 0 Å². The SMILES string of the molecule is CCNC(CO)CCN(CC)CCCN(C)C. The van der Waals surface area contributed by atoms with Crippen LogP contribution in [0.5, 0.6) is 0 Å². The van der Waals surface area contributed by atoms with Gasteiger partial charge in [0.25, 0.3) is 0 Å². The average Bonchev–Trinajstić information content (AvgIpc) is 2.31. The van der Waals surface area contributed by atoms with Crippen LogP contribution in [-0.4, -0.2) is 74.4 Å². The summed E-state index contributed by atoms with van der Waals surface area (Å²) in [7, 11) is 4.23. The number of aliphatic hydroxyl groups is 1. The third-order valence-electron chi connectivity index (χ3n) is 3.03. The predicted octanol–water partition coefficient (Wildman–Crippen LogP) is 0.621. The molecule has 2 N–H and O–H groups in total. The standard InChI is InChI=1S/C13H31N3O/c1-5-14-13(12-17)8-11-16(6-2)10-7-9-15(3)4/h13-14,17H,5-12H2,1-4H3. The summed E-state index contributed by atoms with van der Waals surface area (Å²) in [5.41, 5.74) is 0. The van der Waals surface area contributed by atoms with Gasteiger partial charge in [-0.15, -0.1) is 0 Å². The number of nitrogens with zero attached hydrogens (tertiary/aromatic N) is 2. The summed E-state index contributed by atoms with van der Waals surface area (Å²) in [6.45, 7) is 9.92. The van der Waals surface area contributed by atoms with E-state index in [2.05, 4.69) is 43.1 Å². The lowest BCUT2D eigenvalue weighted by molar-refractivity contribution is 0.206. The van der Waals surface area contributed by atoms with Crippen LogP contribution in [0.25, 0.3) is 0 Å². The first-order valence-electron chi connectivity index (χ1n) is 6.85. The summed E-state index contributed by atoms with van der Waals surface area (Å²) in [6, 6.07) is 0.253. The molecule has 0 bridgehead atoms. The van der Waals surface area contributed by atoms with Gasteiger partial charge < -0.3 is 20.2 Å². The van der Waals surface area contributed by atoms with E-state index in [1.807, 2.05) is 0 Å². The van der Waals surface area contributed by atoms with Crippen LogP contribution in [0.3, 0.4) is 0 Å². The van der Waals surface area contributed by atoms with Crippen LogP contribution >= 0.6 is 0 Å². The Morgan fingerprint density at radius 2 is 1.82 bits per heavy atom. The number of rotatable bonds is 11. The smallest absolute Gasteiger partial charge is 0.0585 e. The van der Waals surface area contributed by atoms with E-state index in [0.717, 1.165) is 39.1 Å². The maximum Gasteiger partial charge on any atom is 0.0585 e. The molecule has 0 aromatic carbocycles. The van der Waals surface area contributed by atoms with Gasteiger partial charge in [0.1, 0.15) is 0 Å². The molecular formula is C13H31N3O. The van der Waals surface area contributed by atoms with Crippen LogP contribution in [0.15, 0.2) is 0 Å². The van der Waals surface area contributed by atoms with Crippen LogP contribution in [0, 0.1) is 0 Å². The van der Waals surface area contributed by atoms with Gasteiger partial charge in [-0.05, 0) is 59.7 Å². The molecule has 0 fully saturated rings. The highest BCUT2D eigenvalue weighted by molar-refractivity contribution is 4.67. The van der Waals surface area contributed by atoms with Gasteiger partial charge in [-0.2, -0.15) is 0 Å². The Morgan fingerprint density at radius 3 is 2.29 bits per heavy atom. The molecule has 4 nitrogen and oxygen atoms in total. The van der Waals surface area contributed by atoms with Gasteiger partial charge >= 0.3 is 0 Å². The van der Waals surface area contributed by atoms with Crippen molar-refractivity contribution in [3.63, 3.8) is 0 Å². The van der Waals surface area contributed by atoms with Gasteiger partial charge in [0, 0.05) is 6.04 Å². The summed E-state index contributed by atoms with van der Waals surface area (Å²) < 4.78 is 0. The number of aliphatic hydroxyl groups excluding tert-OH is 1. The van der Waals surface area contributed by atoms with Crippen molar-refractivity contribution in [2.24, 2.45) is 0 Å². The third kappa shape index (κ3) is 9.53. The zero-order valence-corrected chi connectivity index (χ0v) is 12.1. The zero-order chi connectivity index (χ0) is 13.1. The van der Waals surface area contributed by atoms with Crippen molar-refractivity contribution in [1.29, 1.82) is 0 Å². The highest BCUT2D eigenvalue weighted by Gasteiger charge is 2.08. The molecule has 0 aliphatic heterocycles. The Morgan fingerprint density at radius 1 is 1.12 bits per heavy atom. The van der Waals surface area contributed by atoms with Crippen molar-refractivity contribution < 1.29 is 5.11 Å². The van der Waals surface area contributed by atoms with Crippen molar-refractivity contribution in [2.45, 2.75) is 32.7 Å². The summed E-state index contributed by atoms with van der Waals surface area (Å²) >= 11 is 0. The molecule has 104 valence electrons. The van der Waals surface area contributed by atoms with Crippen LogP contribution in [0.1, 0.15) is 26.7 Å². The number of hydrogen-bond donors (Lipinski definition) is 2. The summed E-state index contributed by atoms with van der Waals surface area (Å²) in [6.07, 6.45) is 2.24. The number of hydrogen-bond acceptors (Lipinski definition) is 4. The highest BCUT2D eigenvalue weighted by Crippen LogP contribution is 1.98. The molecule has 0 radical (unpaired) electrons. The molecule has 0 saturated heterocycles. The third-order valence-corrected chi connectivity index (χ3v) is 3.03. The fourth-order valence-corrected chi connectivity index (χ4v) is 1.92. The first-order chi connectivity index (χ1) is 8.13. The van der Waals surface area contributed by atoms with Gasteiger partial charge in [0.15, 0.2) is 0 Å². The van der Waals surface area contributed by atoms with E-state index in [9.17, 15) is 5.11 Å². The van der Waals surface area contributed by atoms with E-state index in [1.165, 1.54) is 6.42 Å².